The smallest absolute Gasteiger partial charge is 0.458 e. The molecule has 0 aliphatic heterocycles. The average Bonchev–Trinajstić information content (AvgIpc) is 2.53. The van der Waals surface area contributed by atoms with Gasteiger partial charge in [-0.05, 0) is 34.2 Å². The highest BCUT2D eigenvalue weighted by molar-refractivity contribution is 6.60. The van der Waals surface area contributed by atoms with Gasteiger partial charge in [-0.25, -0.2) is 4.79 Å². The van der Waals surface area contributed by atoms with Crippen LogP contribution in [-0.4, -0.2) is 64.3 Å². The van der Waals surface area contributed by atoms with Crippen molar-refractivity contribution in [3.05, 3.63) is 12.2 Å². The number of carbonyl (C=O) groups excluding carboxylic acids is 1. The van der Waals surface area contributed by atoms with E-state index in [1.165, 1.54) is 0 Å². The lowest BCUT2D eigenvalue weighted by atomic mass is 10.4. The lowest BCUT2D eigenvalue weighted by Gasteiger charge is -2.27. The number of ether oxygens (including phenoxy) is 1. The van der Waals surface area contributed by atoms with Gasteiger partial charge in [0.05, 0.1) is 0 Å². The van der Waals surface area contributed by atoms with Gasteiger partial charge in [0.1, 0.15) is 0 Å². The molecule has 9 heteroatoms. The molecule has 0 unspecified atom stereocenters. The first-order valence-electron chi connectivity index (χ1n) is 7.62. The third-order valence-corrected chi connectivity index (χ3v) is 6.50. The SMILES string of the molecule is C=C(C)C(=O)OC[Si](OCC)(OCC)OCC.CO[SiH](C)OC. The fraction of sp³-hybridized carbons (Fsp3) is 0.786. The summed E-state index contributed by atoms with van der Waals surface area (Å²) in [5, 5.41) is 0. The summed E-state index contributed by atoms with van der Waals surface area (Å²) >= 11 is 0. The molecule has 0 fully saturated rings. The predicted octanol–water partition coefficient (Wildman–Crippen LogP) is 1.82. The van der Waals surface area contributed by atoms with Crippen LogP contribution >= 0.6 is 0 Å². The van der Waals surface area contributed by atoms with Crippen LogP contribution in [0.3, 0.4) is 0 Å². The maximum Gasteiger partial charge on any atom is 0.540 e. The largest absolute Gasteiger partial charge is 0.540 e. The van der Waals surface area contributed by atoms with Gasteiger partial charge in [-0.15, -0.1) is 0 Å². The van der Waals surface area contributed by atoms with E-state index in [4.69, 9.17) is 26.9 Å². The van der Waals surface area contributed by atoms with Gasteiger partial charge in [-0.2, -0.15) is 0 Å². The molecule has 0 aromatic rings. The first-order chi connectivity index (χ1) is 10.8. The number of esters is 1. The van der Waals surface area contributed by atoms with E-state index in [0.29, 0.717) is 25.4 Å². The van der Waals surface area contributed by atoms with Crippen molar-refractivity contribution in [2.24, 2.45) is 0 Å². The predicted molar refractivity (Wildman–Crippen MR) is 93.4 cm³/mol. The third-order valence-electron chi connectivity index (χ3n) is 2.49. The van der Waals surface area contributed by atoms with Crippen LogP contribution in [0.4, 0.5) is 0 Å². The minimum Gasteiger partial charge on any atom is -0.458 e. The highest BCUT2D eigenvalue weighted by Crippen LogP contribution is 2.11. The van der Waals surface area contributed by atoms with Crippen molar-refractivity contribution in [3.8, 4) is 0 Å². The first kappa shape index (κ1) is 24.7. The number of carbonyl (C=O) groups is 1. The molecule has 0 spiro atoms. The van der Waals surface area contributed by atoms with Crippen LogP contribution in [0.1, 0.15) is 27.7 Å². The Morgan fingerprint density at radius 3 is 1.61 bits per heavy atom. The van der Waals surface area contributed by atoms with Gasteiger partial charge in [0.25, 0.3) is 0 Å². The zero-order chi connectivity index (χ0) is 18.3. The van der Waals surface area contributed by atoms with Gasteiger partial charge in [-0.3, -0.25) is 0 Å². The maximum absolute atomic E-state index is 11.3. The van der Waals surface area contributed by atoms with Crippen LogP contribution in [0, 0.1) is 0 Å². The van der Waals surface area contributed by atoms with Gasteiger partial charge in [0.15, 0.2) is 6.23 Å². The fourth-order valence-corrected chi connectivity index (χ4v) is 3.60. The molecule has 0 amide bonds. The van der Waals surface area contributed by atoms with Crippen molar-refractivity contribution < 1.29 is 31.7 Å². The Morgan fingerprint density at radius 1 is 1.00 bits per heavy atom. The van der Waals surface area contributed by atoms with Crippen LogP contribution in [0.5, 0.6) is 0 Å². The molecule has 138 valence electrons. The second kappa shape index (κ2) is 15.0. The Labute approximate surface area is 143 Å². The third kappa shape index (κ3) is 12.5. The second-order valence-electron chi connectivity index (χ2n) is 4.38. The van der Waals surface area contributed by atoms with Gasteiger partial charge in [0, 0.05) is 39.6 Å². The zero-order valence-electron chi connectivity index (χ0n) is 15.5. The normalized spacial score (nSPS) is 11.0. The quantitative estimate of drug-likeness (QED) is 0.313. The maximum atomic E-state index is 11.3. The molecule has 0 heterocycles. The molecular formula is C14H32O7Si2. The molecule has 23 heavy (non-hydrogen) atoms. The lowest BCUT2D eigenvalue weighted by molar-refractivity contribution is -0.139. The molecule has 0 saturated heterocycles. The zero-order valence-corrected chi connectivity index (χ0v) is 17.6. The molecule has 0 aliphatic carbocycles. The Hall–Kier alpha value is -0.556. The first-order valence-corrected chi connectivity index (χ1v) is 11.6. The van der Waals surface area contributed by atoms with E-state index in [2.05, 4.69) is 6.58 Å². The Kier molecular flexibility index (Phi) is 16.1. The van der Waals surface area contributed by atoms with Crippen molar-refractivity contribution in [2.45, 2.75) is 34.2 Å². The van der Waals surface area contributed by atoms with Crippen LogP contribution < -0.4 is 0 Å². The summed E-state index contributed by atoms with van der Waals surface area (Å²) in [5.41, 5.74) is 0.345. The average molecular weight is 369 g/mol. The molecule has 0 N–H and O–H groups in total. The van der Waals surface area contributed by atoms with E-state index in [9.17, 15) is 4.79 Å². The topological polar surface area (TPSA) is 72.5 Å². The minimum absolute atomic E-state index is 0.0220. The summed E-state index contributed by atoms with van der Waals surface area (Å²) in [6.45, 7) is 14.0. The van der Waals surface area contributed by atoms with E-state index in [0.717, 1.165) is 0 Å². The number of rotatable bonds is 11. The van der Waals surface area contributed by atoms with Crippen molar-refractivity contribution in [2.75, 3.05) is 40.3 Å². The molecular weight excluding hydrogens is 336 g/mol. The van der Waals surface area contributed by atoms with Crippen molar-refractivity contribution in [1.82, 2.24) is 0 Å². The van der Waals surface area contributed by atoms with Gasteiger partial charge < -0.3 is 26.9 Å². The van der Waals surface area contributed by atoms with Crippen molar-refractivity contribution in [3.63, 3.8) is 0 Å². The monoisotopic (exact) mass is 368 g/mol. The highest BCUT2D eigenvalue weighted by Gasteiger charge is 2.42. The molecule has 0 bridgehead atoms. The summed E-state index contributed by atoms with van der Waals surface area (Å²) in [7, 11) is -0.715. The summed E-state index contributed by atoms with van der Waals surface area (Å²) in [6, 6.07) is 0. The van der Waals surface area contributed by atoms with E-state index >= 15 is 0 Å². The van der Waals surface area contributed by atoms with Crippen molar-refractivity contribution in [1.29, 1.82) is 0 Å². The molecule has 0 saturated carbocycles. The molecule has 0 rings (SSSR count). The Bertz CT molecular complexity index is 305. The van der Waals surface area contributed by atoms with Crippen LogP contribution in [0.2, 0.25) is 6.55 Å². The lowest BCUT2D eigenvalue weighted by Crippen LogP contribution is -2.51. The summed E-state index contributed by atoms with van der Waals surface area (Å²) in [6.07, 6.45) is 0.0220. The molecule has 0 aliphatic rings. The highest BCUT2D eigenvalue weighted by atomic mass is 28.4. The molecule has 0 atom stereocenters. The fourth-order valence-electron chi connectivity index (χ4n) is 1.28. The summed E-state index contributed by atoms with van der Waals surface area (Å²) in [5.74, 6) is -0.457. The number of hydrogen-bond acceptors (Lipinski definition) is 7. The van der Waals surface area contributed by atoms with Gasteiger partial charge in [-0.1, -0.05) is 6.58 Å². The Morgan fingerprint density at radius 2 is 1.39 bits per heavy atom. The summed E-state index contributed by atoms with van der Waals surface area (Å²) in [4.78, 5) is 11.3. The minimum atomic E-state index is -2.89. The van der Waals surface area contributed by atoms with Crippen LogP contribution in [0.15, 0.2) is 12.2 Å². The molecule has 0 aromatic heterocycles. The molecule has 0 aromatic carbocycles. The van der Waals surface area contributed by atoms with E-state index in [1.807, 2.05) is 27.3 Å². The van der Waals surface area contributed by atoms with E-state index < -0.39 is 24.1 Å². The Balaban J connectivity index is 0. The summed E-state index contributed by atoms with van der Waals surface area (Å²) < 4.78 is 31.3. The molecule has 0 radical (unpaired) electrons. The van der Waals surface area contributed by atoms with Crippen LogP contribution in [0.25, 0.3) is 0 Å². The van der Waals surface area contributed by atoms with Gasteiger partial charge >= 0.3 is 24.1 Å². The molecule has 7 nitrogen and oxygen atoms in total. The van der Waals surface area contributed by atoms with Gasteiger partial charge in [0.2, 0.25) is 0 Å². The number of hydrogen-bond donors (Lipinski definition) is 0. The van der Waals surface area contributed by atoms with Crippen molar-refractivity contribution >= 4 is 24.1 Å². The standard InChI is InChI=1S/C11H22O5Si.C3H10O2Si/c1-6-14-17(15-7-2,16-8-3)9-13-11(12)10(4)5;1-4-6(3)5-2/h4,6-9H2,1-3,5H3;6H,1-3H3. The van der Waals surface area contributed by atoms with E-state index in [-0.39, 0.29) is 6.23 Å². The van der Waals surface area contributed by atoms with E-state index in [1.54, 1.807) is 21.1 Å². The second-order valence-corrected chi connectivity index (χ2v) is 8.98. The van der Waals surface area contributed by atoms with Crippen LogP contribution in [-0.2, 0) is 31.7 Å².